The SMILES string of the molecule is C=CCOc1ccc(Cl)cc1C(=O)N1CC[NH+](C)CC1.[Cl-]. The van der Waals surface area contributed by atoms with Crippen LogP contribution in [0.4, 0.5) is 0 Å². The smallest absolute Gasteiger partial charge is 0.258 e. The summed E-state index contributed by atoms with van der Waals surface area (Å²) in [5, 5.41) is 0.541. The summed E-state index contributed by atoms with van der Waals surface area (Å²) in [6, 6.07) is 5.14. The largest absolute Gasteiger partial charge is 1.00 e. The van der Waals surface area contributed by atoms with Crippen LogP contribution in [0.25, 0.3) is 0 Å². The van der Waals surface area contributed by atoms with E-state index in [4.69, 9.17) is 16.3 Å². The highest BCUT2D eigenvalue weighted by Gasteiger charge is 2.24. The molecule has 1 aliphatic rings. The molecule has 1 fully saturated rings. The summed E-state index contributed by atoms with van der Waals surface area (Å²) in [6.45, 7) is 7.45. The number of halogens is 2. The van der Waals surface area contributed by atoms with Gasteiger partial charge < -0.3 is 26.9 Å². The normalized spacial score (nSPS) is 15.2. The molecule has 1 aromatic rings. The van der Waals surface area contributed by atoms with Crippen molar-refractivity contribution in [2.45, 2.75) is 0 Å². The molecule has 1 amide bonds. The Morgan fingerprint density at radius 3 is 2.76 bits per heavy atom. The number of likely N-dealkylation sites (N-methyl/N-ethyl adjacent to an activating group) is 1. The fourth-order valence-electron chi connectivity index (χ4n) is 2.21. The summed E-state index contributed by atoms with van der Waals surface area (Å²) in [7, 11) is 2.14. The Morgan fingerprint density at radius 2 is 2.14 bits per heavy atom. The van der Waals surface area contributed by atoms with Crippen molar-refractivity contribution >= 4 is 17.5 Å². The predicted molar refractivity (Wildman–Crippen MR) is 79.7 cm³/mol. The van der Waals surface area contributed by atoms with E-state index in [0.717, 1.165) is 26.2 Å². The van der Waals surface area contributed by atoms with Crippen molar-refractivity contribution in [1.82, 2.24) is 4.90 Å². The number of rotatable bonds is 4. The highest BCUT2D eigenvalue weighted by Crippen LogP contribution is 2.24. The van der Waals surface area contributed by atoms with E-state index in [2.05, 4.69) is 13.6 Å². The number of hydrogen-bond donors (Lipinski definition) is 1. The Labute approximate surface area is 136 Å². The van der Waals surface area contributed by atoms with Crippen LogP contribution in [-0.2, 0) is 0 Å². The van der Waals surface area contributed by atoms with E-state index in [1.807, 2.05) is 4.90 Å². The van der Waals surface area contributed by atoms with E-state index in [1.54, 1.807) is 24.3 Å². The molecule has 0 unspecified atom stereocenters. The molecule has 1 aromatic carbocycles. The van der Waals surface area contributed by atoms with Crippen molar-refractivity contribution in [1.29, 1.82) is 0 Å². The third-order valence-corrected chi connectivity index (χ3v) is 3.67. The van der Waals surface area contributed by atoms with Crippen molar-refractivity contribution < 1.29 is 26.8 Å². The van der Waals surface area contributed by atoms with Crippen LogP contribution in [0.5, 0.6) is 5.75 Å². The zero-order valence-corrected chi connectivity index (χ0v) is 13.6. The lowest BCUT2D eigenvalue weighted by Crippen LogP contribution is -3.12. The summed E-state index contributed by atoms with van der Waals surface area (Å²) in [6.07, 6.45) is 1.65. The van der Waals surface area contributed by atoms with E-state index < -0.39 is 0 Å². The van der Waals surface area contributed by atoms with Gasteiger partial charge in [0.05, 0.1) is 38.8 Å². The summed E-state index contributed by atoms with van der Waals surface area (Å²) >= 11 is 6.01. The van der Waals surface area contributed by atoms with Gasteiger partial charge >= 0.3 is 0 Å². The third kappa shape index (κ3) is 4.63. The van der Waals surface area contributed by atoms with E-state index in [0.29, 0.717) is 22.9 Å². The summed E-state index contributed by atoms with van der Waals surface area (Å²) < 4.78 is 5.54. The lowest BCUT2D eigenvalue weighted by atomic mass is 10.1. The second-order valence-corrected chi connectivity index (χ2v) is 5.43. The molecule has 0 aliphatic carbocycles. The molecular formula is C15H20Cl2N2O2. The average Bonchev–Trinajstić information content (AvgIpc) is 2.46. The van der Waals surface area contributed by atoms with Crippen molar-refractivity contribution in [3.63, 3.8) is 0 Å². The van der Waals surface area contributed by atoms with Crippen LogP contribution in [0.3, 0.4) is 0 Å². The molecule has 0 radical (unpaired) electrons. The van der Waals surface area contributed by atoms with Crippen molar-refractivity contribution in [3.8, 4) is 5.75 Å². The van der Waals surface area contributed by atoms with Gasteiger partial charge in [0.25, 0.3) is 5.91 Å². The van der Waals surface area contributed by atoms with Gasteiger partial charge in [0.15, 0.2) is 0 Å². The lowest BCUT2D eigenvalue weighted by Gasteiger charge is -2.30. The molecule has 6 heteroatoms. The minimum atomic E-state index is -0.0148. The summed E-state index contributed by atoms with van der Waals surface area (Å²) in [4.78, 5) is 15.9. The molecule has 0 atom stereocenters. The standard InChI is InChI=1S/C15H19ClN2O2.ClH/c1-3-10-20-14-5-4-12(16)11-13(14)15(19)18-8-6-17(2)7-9-18;/h3-5,11H,1,6-10H2,2H3;1H. The second-order valence-electron chi connectivity index (χ2n) is 4.99. The van der Waals surface area contributed by atoms with E-state index >= 15 is 0 Å². The van der Waals surface area contributed by atoms with E-state index in [9.17, 15) is 4.79 Å². The summed E-state index contributed by atoms with van der Waals surface area (Å²) in [5.74, 6) is 0.546. The lowest BCUT2D eigenvalue weighted by molar-refractivity contribution is -0.883. The zero-order valence-electron chi connectivity index (χ0n) is 12.1. The van der Waals surface area contributed by atoms with E-state index in [-0.39, 0.29) is 18.3 Å². The van der Waals surface area contributed by atoms with Crippen LogP contribution in [-0.4, -0.2) is 50.6 Å². The van der Waals surface area contributed by atoms with Crippen LogP contribution >= 0.6 is 11.6 Å². The maximum atomic E-state index is 12.6. The highest BCUT2D eigenvalue weighted by atomic mass is 35.5. The van der Waals surface area contributed by atoms with Gasteiger partial charge in [-0.2, -0.15) is 0 Å². The van der Waals surface area contributed by atoms with Crippen LogP contribution < -0.4 is 22.0 Å². The fourth-order valence-corrected chi connectivity index (χ4v) is 2.38. The first-order valence-electron chi connectivity index (χ1n) is 6.75. The van der Waals surface area contributed by atoms with Crippen LogP contribution in [0, 0.1) is 0 Å². The van der Waals surface area contributed by atoms with Gasteiger partial charge in [-0.1, -0.05) is 24.3 Å². The Kier molecular flexibility index (Phi) is 7.02. The Balaban J connectivity index is 0.00000220. The summed E-state index contributed by atoms with van der Waals surface area (Å²) in [5.41, 5.74) is 0.527. The number of carbonyl (C=O) groups excluding carboxylic acids is 1. The number of piperazine rings is 1. The topological polar surface area (TPSA) is 34.0 Å². The molecule has 1 aliphatic heterocycles. The number of nitrogens with zero attached hydrogens (tertiary/aromatic N) is 1. The molecule has 0 saturated carbocycles. The van der Waals surface area contributed by atoms with Gasteiger partial charge in [0.2, 0.25) is 0 Å². The molecule has 2 rings (SSSR count). The molecule has 1 saturated heterocycles. The van der Waals surface area contributed by atoms with Gasteiger partial charge in [-0.3, -0.25) is 4.79 Å². The Bertz CT molecular complexity index is 500. The van der Waals surface area contributed by atoms with Crippen LogP contribution in [0.2, 0.25) is 5.02 Å². The van der Waals surface area contributed by atoms with Gasteiger partial charge in [0, 0.05) is 5.02 Å². The maximum absolute atomic E-state index is 12.6. The molecule has 0 aromatic heterocycles. The second kappa shape index (κ2) is 8.27. The first kappa shape index (κ1) is 17.8. The van der Waals surface area contributed by atoms with E-state index in [1.165, 1.54) is 4.90 Å². The third-order valence-electron chi connectivity index (χ3n) is 3.43. The van der Waals surface area contributed by atoms with Gasteiger partial charge in [0.1, 0.15) is 12.4 Å². The van der Waals surface area contributed by atoms with Gasteiger partial charge in [-0.05, 0) is 18.2 Å². The molecule has 0 spiro atoms. The zero-order chi connectivity index (χ0) is 14.5. The molecule has 0 bridgehead atoms. The molecule has 1 heterocycles. The number of nitrogens with one attached hydrogen (secondary N) is 1. The molecule has 21 heavy (non-hydrogen) atoms. The van der Waals surface area contributed by atoms with Crippen molar-refractivity contribution in [3.05, 3.63) is 41.4 Å². The molecule has 116 valence electrons. The van der Waals surface area contributed by atoms with Crippen molar-refractivity contribution in [2.24, 2.45) is 0 Å². The predicted octanol–water partition coefficient (Wildman–Crippen LogP) is -2.12. The number of carbonyl (C=O) groups is 1. The monoisotopic (exact) mass is 330 g/mol. The number of ether oxygens (including phenoxy) is 1. The minimum absolute atomic E-state index is 0. The maximum Gasteiger partial charge on any atom is 0.258 e. The Hall–Kier alpha value is -1.23. The minimum Gasteiger partial charge on any atom is -1.00 e. The highest BCUT2D eigenvalue weighted by molar-refractivity contribution is 6.31. The van der Waals surface area contributed by atoms with Crippen LogP contribution in [0.15, 0.2) is 30.9 Å². The van der Waals surface area contributed by atoms with Crippen LogP contribution in [0.1, 0.15) is 10.4 Å². The van der Waals surface area contributed by atoms with Gasteiger partial charge in [-0.25, -0.2) is 0 Å². The van der Waals surface area contributed by atoms with Crippen molar-refractivity contribution in [2.75, 3.05) is 39.8 Å². The average molecular weight is 331 g/mol. The number of quaternary nitrogens is 1. The number of amides is 1. The fraction of sp³-hybridized carbons (Fsp3) is 0.400. The first-order chi connectivity index (χ1) is 9.61. The molecular weight excluding hydrogens is 311 g/mol. The molecule has 4 nitrogen and oxygen atoms in total. The number of hydrogen-bond acceptors (Lipinski definition) is 2. The quantitative estimate of drug-likeness (QED) is 0.641. The first-order valence-corrected chi connectivity index (χ1v) is 7.13. The van der Waals surface area contributed by atoms with Gasteiger partial charge in [-0.15, -0.1) is 0 Å². The Morgan fingerprint density at radius 1 is 1.48 bits per heavy atom. The number of benzene rings is 1. The molecule has 1 N–H and O–H groups in total.